The Hall–Kier alpha value is -3.36. The Kier molecular flexibility index (Phi) is 5.32. The third-order valence-corrected chi connectivity index (χ3v) is 7.62. The van der Waals surface area contributed by atoms with Crippen molar-refractivity contribution in [2.24, 2.45) is 5.92 Å². The van der Waals surface area contributed by atoms with Crippen LogP contribution in [0.1, 0.15) is 30.0 Å². The van der Waals surface area contributed by atoms with E-state index in [0.717, 1.165) is 27.7 Å². The van der Waals surface area contributed by atoms with E-state index in [2.05, 4.69) is 66.4 Å². The van der Waals surface area contributed by atoms with E-state index in [1.165, 1.54) is 16.1 Å². The quantitative estimate of drug-likeness (QED) is 0.462. The number of hydrogen-bond acceptors (Lipinski definition) is 5. The molecule has 5 heteroatoms. The van der Waals surface area contributed by atoms with Gasteiger partial charge in [-0.05, 0) is 53.4 Å². The van der Waals surface area contributed by atoms with Gasteiger partial charge in [0.2, 0.25) is 0 Å². The maximum atomic E-state index is 10.3. The van der Waals surface area contributed by atoms with Crippen molar-refractivity contribution in [2.45, 2.75) is 23.8 Å². The fourth-order valence-corrected chi connectivity index (χ4v) is 6.15. The van der Waals surface area contributed by atoms with Crippen LogP contribution in [0.15, 0.2) is 88.3 Å². The number of methoxy groups -OCH3 is 2. The van der Waals surface area contributed by atoms with Crippen molar-refractivity contribution in [1.29, 1.82) is 5.26 Å². The van der Waals surface area contributed by atoms with Gasteiger partial charge in [0.1, 0.15) is 11.5 Å². The van der Waals surface area contributed by atoms with Crippen LogP contribution in [0, 0.1) is 17.2 Å². The van der Waals surface area contributed by atoms with Gasteiger partial charge in [0.25, 0.3) is 0 Å². The molecule has 0 unspecified atom stereocenters. The minimum absolute atomic E-state index is 0.00827. The molecular formula is C27H24N2O2S. The first-order chi connectivity index (χ1) is 15.7. The molecule has 0 saturated carbocycles. The lowest BCUT2D eigenvalue weighted by Crippen LogP contribution is -2.38. The summed E-state index contributed by atoms with van der Waals surface area (Å²) >= 11 is 1.70. The van der Waals surface area contributed by atoms with Crippen molar-refractivity contribution in [1.82, 2.24) is 0 Å². The Balaban J connectivity index is 1.70. The highest BCUT2D eigenvalue weighted by molar-refractivity contribution is 8.03. The number of anilines is 1. The molecule has 160 valence electrons. The molecule has 0 spiro atoms. The van der Waals surface area contributed by atoms with Gasteiger partial charge < -0.3 is 14.4 Å². The molecule has 0 aromatic heterocycles. The van der Waals surface area contributed by atoms with Crippen LogP contribution in [-0.2, 0) is 0 Å². The summed E-state index contributed by atoms with van der Waals surface area (Å²) in [6, 6.07) is 27.5. The first kappa shape index (κ1) is 20.5. The smallest absolute Gasteiger partial charge is 0.118 e. The van der Waals surface area contributed by atoms with Crippen molar-refractivity contribution in [3.63, 3.8) is 0 Å². The first-order valence-corrected chi connectivity index (χ1v) is 11.5. The zero-order valence-electron chi connectivity index (χ0n) is 18.3. The van der Waals surface area contributed by atoms with Gasteiger partial charge in [-0.2, -0.15) is 5.26 Å². The zero-order chi connectivity index (χ0) is 22.2. The molecule has 4 nitrogen and oxygen atoms in total. The fourth-order valence-electron chi connectivity index (χ4n) is 4.93. The van der Waals surface area contributed by atoms with Crippen molar-refractivity contribution in [2.75, 3.05) is 19.1 Å². The molecule has 0 saturated heterocycles. The predicted octanol–water partition coefficient (Wildman–Crippen LogP) is 6.53. The van der Waals surface area contributed by atoms with Gasteiger partial charge in [0.05, 0.1) is 42.6 Å². The number of nitrogens with zero attached hydrogens (tertiary/aromatic N) is 2. The number of allylic oxidation sites excluding steroid dienone is 1. The van der Waals surface area contributed by atoms with Gasteiger partial charge in [-0.25, -0.2) is 0 Å². The molecular weight excluding hydrogens is 416 g/mol. The molecule has 0 radical (unpaired) electrons. The number of benzene rings is 3. The topological polar surface area (TPSA) is 45.5 Å². The molecule has 0 N–H and O–H groups in total. The molecule has 3 aromatic rings. The predicted molar refractivity (Wildman–Crippen MR) is 128 cm³/mol. The van der Waals surface area contributed by atoms with Crippen LogP contribution >= 0.6 is 11.8 Å². The molecule has 2 aliphatic rings. The summed E-state index contributed by atoms with van der Waals surface area (Å²) in [5.41, 5.74) is 4.34. The molecule has 3 aromatic carbocycles. The average Bonchev–Trinajstić information content (AvgIpc) is 3.22. The van der Waals surface area contributed by atoms with E-state index in [9.17, 15) is 5.26 Å². The van der Waals surface area contributed by atoms with Crippen molar-refractivity contribution >= 4 is 17.4 Å². The van der Waals surface area contributed by atoms with Gasteiger partial charge in [-0.1, -0.05) is 55.1 Å². The largest absolute Gasteiger partial charge is 0.497 e. The Morgan fingerprint density at radius 1 is 0.844 bits per heavy atom. The van der Waals surface area contributed by atoms with Crippen LogP contribution in [0.2, 0.25) is 0 Å². The number of rotatable bonds is 4. The second kappa shape index (κ2) is 8.29. The Morgan fingerprint density at radius 2 is 1.44 bits per heavy atom. The van der Waals surface area contributed by atoms with Gasteiger partial charge in [0, 0.05) is 10.8 Å². The summed E-state index contributed by atoms with van der Waals surface area (Å²) in [5.74, 6) is 1.82. The van der Waals surface area contributed by atoms with E-state index in [1.54, 1.807) is 26.0 Å². The minimum Gasteiger partial charge on any atom is -0.497 e. The summed E-state index contributed by atoms with van der Waals surface area (Å²) in [6.45, 7) is 2.25. The highest BCUT2D eigenvalue weighted by Gasteiger charge is 2.46. The number of fused-ring (bicyclic) bond motifs is 3. The van der Waals surface area contributed by atoms with Crippen LogP contribution in [0.4, 0.5) is 5.69 Å². The lowest BCUT2D eigenvalue weighted by atomic mass is 9.73. The highest BCUT2D eigenvalue weighted by Crippen LogP contribution is 2.59. The molecule has 0 amide bonds. The average molecular weight is 441 g/mol. The molecule has 2 heterocycles. The van der Waals surface area contributed by atoms with E-state index >= 15 is 0 Å². The molecule has 32 heavy (non-hydrogen) atoms. The van der Waals surface area contributed by atoms with E-state index in [1.807, 2.05) is 24.3 Å². The summed E-state index contributed by atoms with van der Waals surface area (Å²) in [4.78, 5) is 3.56. The number of ether oxygens (including phenoxy) is 2. The first-order valence-electron chi connectivity index (χ1n) is 10.6. The standard InChI is InChI=1S/C27H24N2O2S/c1-17-25(18-8-12-20(30-2)13-9-18)22(16-28)27-29(23-6-4-5-7-24(23)32-27)26(17)19-10-14-21(31-3)15-11-19/h4-15,17,25-26H,1-3H3/t17-,25+,26-/m0/s1. The third-order valence-electron chi connectivity index (χ3n) is 6.45. The SMILES string of the molecule is COc1ccc([C@@H]2[C@@H](C)[C@H](c3ccc(OC)cc3)C(C#N)=C3Sc4ccccc4N32)cc1. The summed E-state index contributed by atoms with van der Waals surface area (Å²) in [5, 5.41) is 11.3. The van der Waals surface area contributed by atoms with E-state index < -0.39 is 0 Å². The normalized spacial score (nSPS) is 21.6. The monoisotopic (exact) mass is 440 g/mol. The summed E-state index contributed by atoms with van der Waals surface area (Å²) in [7, 11) is 3.36. The van der Waals surface area contributed by atoms with Crippen LogP contribution in [-0.4, -0.2) is 14.2 Å². The molecule has 0 bridgehead atoms. The van der Waals surface area contributed by atoms with Crippen LogP contribution < -0.4 is 14.4 Å². The van der Waals surface area contributed by atoms with E-state index in [-0.39, 0.29) is 17.9 Å². The second-order valence-corrected chi connectivity index (χ2v) is 9.13. The lowest BCUT2D eigenvalue weighted by Gasteiger charge is -2.44. The zero-order valence-corrected chi connectivity index (χ0v) is 19.1. The molecule has 0 aliphatic carbocycles. The summed E-state index contributed by atoms with van der Waals surface area (Å²) < 4.78 is 10.8. The van der Waals surface area contributed by atoms with Crippen molar-refractivity contribution in [3.8, 4) is 17.6 Å². The van der Waals surface area contributed by atoms with E-state index in [0.29, 0.717) is 0 Å². The van der Waals surface area contributed by atoms with E-state index in [4.69, 9.17) is 9.47 Å². The van der Waals surface area contributed by atoms with Crippen LogP contribution in [0.25, 0.3) is 0 Å². The maximum Gasteiger partial charge on any atom is 0.118 e. The van der Waals surface area contributed by atoms with Gasteiger partial charge in [-0.15, -0.1) is 0 Å². The molecule has 5 rings (SSSR count). The lowest BCUT2D eigenvalue weighted by molar-refractivity contribution is 0.390. The van der Waals surface area contributed by atoms with Gasteiger partial charge in [0.15, 0.2) is 0 Å². The van der Waals surface area contributed by atoms with Crippen molar-refractivity contribution < 1.29 is 9.47 Å². The second-order valence-electron chi connectivity index (χ2n) is 8.10. The third kappa shape index (κ3) is 3.23. The van der Waals surface area contributed by atoms with Crippen molar-refractivity contribution in [3.05, 3.63) is 94.5 Å². The Morgan fingerprint density at radius 3 is 2.03 bits per heavy atom. The maximum absolute atomic E-state index is 10.3. The number of para-hydroxylation sites is 1. The number of hydrogen-bond donors (Lipinski definition) is 0. The Bertz CT molecular complexity index is 1210. The van der Waals surface area contributed by atoms with Gasteiger partial charge in [-0.3, -0.25) is 0 Å². The number of nitriles is 1. The highest BCUT2D eigenvalue weighted by atomic mass is 32.2. The minimum atomic E-state index is -0.00827. The number of thioether (sulfide) groups is 1. The Labute approximate surface area is 193 Å². The fraction of sp³-hybridized carbons (Fsp3) is 0.222. The van der Waals surface area contributed by atoms with Gasteiger partial charge >= 0.3 is 0 Å². The summed E-state index contributed by atoms with van der Waals surface area (Å²) in [6.07, 6.45) is 0. The molecule has 3 atom stereocenters. The molecule has 2 aliphatic heterocycles. The molecule has 0 fully saturated rings. The van der Waals surface area contributed by atoms with Crippen LogP contribution in [0.5, 0.6) is 11.5 Å². The van der Waals surface area contributed by atoms with Crippen LogP contribution in [0.3, 0.4) is 0 Å².